The fraction of sp³-hybridized carbons (Fsp3) is 0.261. The van der Waals surface area contributed by atoms with Gasteiger partial charge in [0, 0.05) is 10.6 Å². The van der Waals surface area contributed by atoms with Crippen molar-refractivity contribution in [3.63, 3.8) is 0 Å². The maximum absolute atomic E-state index is 12.8. The largest absolute Gasteiger partial charge is 0.493 e. The Bertz CT molecular complexity index is 1310. The normalized spacial score (nSPS) is 12.1. The number of ether oxygens (including phenoxy) is 2. The van der Waals surface area contributed by atoms with Crippen molar-refractivity contribution in [2.75, 3.05) is 13.7 Å². The summed E-state index contributed by atoms with van der Waals surface area (Å²) in [6, 6.07) is 12.8. The predicted octanol–water partition coefficient (Wildman–Crippen LogP) is 4.45. The number of benzene rings is 2. The molecule has 0 unspecified atom stereocenters. The van der Waals surface area contributed by atoms with Crippen LogP contribution in [0.2, 0.25) is 5.02 Å². The molecule has 0 aliphatic rings. The smallest absolute Gasteiger partial charge is 0.291 e. The SMILES string of the molecule is COc1cc(/C=c2\sc3nc(-c4ccc(Cl)cc4)nn3c2=O)ccc1OCCC(C)C. The zero-order valence-electron chi connectivity index (χ0n) is 17.5. The van der Waals surface area contributed by atoms with Gasteiger partial charge in [-0.1, -0.05) is 42.9 Å². The molecule has 8 heteroatoms. The van der Waals surface area contributed by atoms with E-state index in [-0.39, 0.29) is 5.56 Å². The first kappa shape index (κ1) is 21.3. The van der Waals surface area contributed by atoms with Crippen LogP contribution in [0.15, 0.2) is 47.3 Å². The average Bonchev–Trinajstić information content (AvgIpc) is 3.28. The van der Waals surface area contributed by atoms with E-state index in [2.05, 4.69) is 23.9 Å². The molecule has 0 atom stereocenters. The lowest BCUT2D eigenvalue weighted by Crippen LogP contribution is -2.23. The van der Waals surface area contributed by atoms with Gasteiger partial charge >= 0.3 is 0 Å². The second-order valence-corrected chi connectivity index (χ2v) is 8.94. The summed E-state index contributed by atoms with van der Waals surface area (Å²) >= 11 is 7.23. The van der Waals surface area contributed by atoms with Gasteiger partial charge in [0.2, 0.25) is 4.96 Å². The average molecular weight is 456 g/mol. The maximum atomic E-state index is 12.8. The molecule has 0 N–H and O–H groups in total. The lowest BCUT2D eigenvalue weighted by molar-refractivity contribution is 0.273. The first-order chi connectivity index (χ1) is 14.9. The van der Waals surface area contributed by atoms with Crippen LogP contribution in [0.25, 0.3) is 22.4 Å². The molecule has 4 rings (SSSR count). The topological polar surface area (TPSA) is 65.7 Å². The van der Waals surface area contributed by atoms with Crippen LogP contribution in [0.5, 0.6) is 11.5 Å². The van der Waals surface area contributed by atoms with Gasteiger partial charge in [0.15, 0.2) is 17.3 Å². The van der Waals surface area contributed by atoms with Crippen molar-refractivity contribution in [2.24, 2.45) is 5.92 Å². The van der Waals surface area contributed by atoms with E-state index >= 15 is 0 Å². The molecule has 0 radical (unpaired) electrons. The third-order valence-corrected chi connectivity index (χ3v) is 5.93. The summed E-state index contributed by atoms with van der Waals surface area (Å²) in [5.74, 6) is 2.39. The number of methoxy groups -OCH3 is 1. The molecule has 160 valence electrons. The van der Waals surface area contributed by atoms with Crippen molar-refractivity contribution in [1.29, 1.82) is 0 Å². The van der Waals surface area contributed by atoms with E-state index in [0.29, 0.717) is 44.4 Å². The highest BCUT2D eigenvalue weighted by Crippen LogP contribution is 2.28. The van der Waals surface area contributed by atoms with E-state index in [1.54, 1.807) is 19.2 Å². The van der Waals surface area contributed by atoms with Crippen LogP contribution >= 0.6 is 22.9 Å². The Hall–Kier alpha value is -2.90. The molecule has 2 aromatic heterocycles. The van der Waals surface area contributed by atoms with E-state index in [1.165, 1.54) is 15.9 Å². The molecule has 6 nitrogen and oxygen atoms in total. The van der Waals surface area contributed by atoms with Crippen LogP contribution in [-0.2, 0) is 0 Å². The Morgan fingerprint density at radius 3 is 2.61 bits per heavy atom. The van der Waals surface area contributed by atoms with Crippen molar-refractivity contribution in [2.45, 2.75) is 20.3 Å². The fourth-order valence-electron chi connectivity index (χ4n) is 3.00. The van der Waals surface area contributed by atoms with Crippen LogP contribution in [0.4, 0.5) is 0 Å². The number of fused-ring (bicyclic) bond motifs is 1. The monoisotopic (exact) mass is 455 g/mol. The van der Waals surface area contributed by atoms with E-state index < -0.39 is 0 Å². The predicted molar refractivity (Wildman–Crippen MR) is 124 cm³/mol. The first-order valence-corrected chi connectivity index (χ1v) is 11.1. The summed E-state index contributed by atoms with van der Waals surface area (Å²) in [6.45, 7) is 4.94. The Labute approximate surface area is 188 Å². The van der Waals surface area contributed by atoms with Crippen LogP contribution < -0.4 is 19.6 Å². The molecule has 2 heterocycles. The van der Waals surface area contributed by atoms with Gasteiger partial charge in [-0.05, 0) is 60.4 Å². The van der Waals surface area contributed by atoms with Crippen molar-refractivity contribution >= 4 is 34.0 Å². The number of hydrogen-bond donors (Lipinski definition) is 0. The number of thiazole rings is 1. The molecule has 4 aromatic rings. The minimum atomic E-state index is -0.205. The summed E-state index contributed by atoms with van der Waals surface area (Å²) in [6.07, 6.45) is 2.78. The lowest BCUT2D eigenvalue weighted by atomic mass is 10.1. The van der Waals surface area contributed by atoms with Gasteiger partial charge in [-0.3, -0.25) is 4.79 Å². The summed E-state index contributed by atoms with van der Waals surface area (Å²) in [7, 11) is 1.61. The highest BCUT2D eigenvalue weighted by Gasteiger charge is 2.12. The molecule has 0 amide bonds. The van der Waals surface area contributed by atoms with Gasteiger partial charge in [-0.2, -0.15) is 9.50 Å². The van der Waals surface area contributed by atoms with Crippen molar-refractivity contribution in [1.82, 2.24) is 14.6 Å². The van der Waals surface area contributed by atoms with Gasteiger partial charge in [0.05, 0.1) is 18.2 Å². The van der Waals surface area contributed by atoms with E-state index in [9.17, 15) is 4.79 Å². The quantitative estimate of drug-likeness (QED) is 0.412. The van der Waals surface area contributed by atoms with Gasteiger partial charge in [0.25, 0.3) is 5.56 Å². The third-order valence-electron chi connectivity index (χ3n) is 4.72. The van der Waals surface area contributed by atoms with Crippen molar-refractivity contribution < 1.29 is 9.47 Å². The van der Waals surface area contributed by atoms with Crippen LogP contribution in [-0.4, -0.2) is 28.3 Å². The Balaban J connectivity index is 1.63. The molecular weight excluding hydrogens is 434 g/mol. The zero-order chi connectivity index (χ0) is 22.0. The minimum absolute atomic E-state index is 0.205. The van der Waals surface area contributed by atoms with Crippen molar-refractivity contribution in [3.05, 3.63) is 67.9 Å². The number of aromatic nitrogens is 3. The Morgan fingerprint density at radius 1 is 1.16 bits per heavy atom. The number of hydrogen-bond acceptors (Lipinski definition) is 6. The Kier molecular flexibility index (Phi) is 6.25. The summed E-state index contributed by atoms with van der Waals surface area (Å²) < 4.78 is 13.2. The van der Waals surface area contributed by atoms with E-state index in [1.807, 2.05) is 36.4 Å². The molecule has 0 bridgehead atoms. The minimum Gasteiger partial charge on any atom is -0.493 e. The van der Waals surface area contributed by atoms with Gasteiger partial charge in [-0.15, -0.1) is 5.10 Å². The Morgan fingerprint density at radius 2 is 1.94 bits per heavy atom. The third kappa shape index (κ3) is 4.73. The standard InChI is InChI=1S/C23H22ClN3O3S/c1-14(2)10-11-30-18-9-4-15(12-19(18)29-3)13-20-22(28)27-23(31-20)25-21(26-27)16-5-7-17(24)8-6-16/h4-9,12-14H,10-11H2,1-3H3/b20-13-. The van der Waals surface area contributed by atoms with Crippen LogP contribution in [0.1, 0.15) is 25.8 Å². The van der Waals surface area contributed by atoms with Crippen LogP contribution in [0, 0.1) is 5.92 Å². The highest BCUT2D eigenvalue weighted by atomic mass is 35.5. The highest BCUT2D eigenvalue weighted by molar-refractivity contribution is 7.15. The van der Waals surface area contributed by atoms with Gasteiger partial charge in [0.1, 0.15) is 0 Å². The second kappa shape index (κ2) is 9.08. The fourth-order valence-corrected chi connectivity index (χ4v) is 4.04. The zero-order valence-corrected chi connectivity index (χ0v) is 19.0. The molecule has 0 saturated carbocycles. The molecule has 0 spiro atoms. The van der Waals surface area contributed by atoms with Gasteiger partial charge in [-0.25, -0.2) is 0 Å². The molecule has 0 fully saturated rings. The lowest BCUT2D eigenvalue weighted by Gasteiger charge is -2.12. The second-order valence-electron chi connectivity index (χ2n) is 7.49. The molecule has 2 aromatic carbocycles. The van der Waals surface area contributed by atoms with Gasteiger partial charge < -0.3 is 9.47 Å². The number of rotatable bonds is 7. The number of halogens is 1. The molecule has 0 aliphatic carbocycles. The summed E-state index contributed by atoms with van der Waals surface area (Å²) in [5, 5.41) is 5.00. The molecular formula is C23H22ClN3O3S. The van der Waals surface area contributed by atoms with E-state index in [0.717, 1.165) is 17.5 Å². The van der Waals surface area contributed by atoms with Crippen molar-refractivity contribution in [3.8, 4) is 22.9 Å². The summed E-state index contributed by atoms with van der Waals surface area (Å²) in [5.41, 5.74) is 1.44. The maximum Gasteiger partial charge on any atom is 0.291 e. The van der Waals surface area contributed by atoms with E-state index in [4.69, 9.17) is 21.1 Å². The number of nitrogens with zero attached hydrogens (tertiary/aromatic N) is 3. The molecule has 31 heavy (non-hydrogen) atoms. The molecule has 0 saturated heterocycles. The molecule has 0 aliphatic heterocycles. The first-order valence-electron chi connectivity index (χ1n) is 9.92. The van der Waals surface area contributed by atoms with Crippen LogP contribution in [0.3, 0.4) is 0 Å². The summed E-state index contributed by atoms with van der Waals surface area (Å²) in [4.78, 5) is 17.9.